The van der Waals surface area contributed by atoms with Crippen molar-refractivity contribution in [2.45, 2.75) is 52.5 Å². The molecule has 1 amide bonds. The summed E-state index contributed by atoms with van der Waals surface area (Å²) in [6.07, 6.45) is 5.40. The minimum absolute atomic E-state index is 0.131. The Balaban J connectivity index is 1.79. The van der Waals surface area contributed by atoms with Crippen LogP contribution in [0.1, 0.15) is 59.9 Å². The van der Waals surface area contributed by atoms with E-state index >= 15 is 0 Å². The van der Waals surface area contributed by atoms with Crippen molar-refractivity contribution >= 4 is 16.9 Å². The average molecular weight is 377 g/mol. The van der Waals surface area contributed by atoms with E-state index in [1.54, 1.807) is 0 Å². The molecule has 3 heterocycles. The lowest BCUT2D eigenvalue weighted by Gasteiger charge is -2.21. The van der Waals surface area contributed by atoms with E-state index in [2.05, 4.69) is 19.1 Å². The molecule has 1 aliphatic heterocycles. The Kier molecular flexibility index (Phi) is 5.42. The van der Waals surface area contributed by atoms with Crippen LogP contribution in [0, 0.1) is 6.92 Å². The molecule has 0 unspecified atom stereocenters. The van der Waals surface area contributed by atoms with E-state index < -0.39 is 0 Å². The van der Waals surface area contributed by atoms with Crippen molar-refractivity contribution < 1.29 is 4.79 Å². The van der Waals surface area contributed by atoms with Gasteiger partial charge in [-0.3, -0.25) is 4.79 Å². The maximum absolute atomic E-state index is 13.4. The molecule has 5 heteroatoms. The Labute approximate surface area is 166 Å². The van der Waals surface area contributed by atoms with Crippen molar-refractivity contribution in [3.05, 3.63) is 58.9 Å². The summed E-state index contributed by atoms with van der Waals surface area (Å²) in [5.41, 5.74) is 4.58. The topological polar surface area (TPSA) is 51.0 Å². The number of carbonyl (C=O) groups excluding carboxylic acids is 1. The molecule has 3 aromatic rings. The van der Waals surface area contributed by atoms with Gasteiger partial charge in [0.1, 0.15) is 0 Å². The number of carbonyl (C=O) groups is 1. The van der Waals surface area contributed by atoms with E-state index in [-0.39, 0.29) is 5.91 Å². The summed E-state index contributed by atoms with van der Waals surface area (Å²) in [4.78, 5) is 20.3. The average Bonchev–Trinajstić information content (AvgIpc) is 2.91. The van der Waals surface area contributed by atoms with Crippen molar-refractivity contribution in [3.63, 3.8) is 0 Å². The summed E-state index contributed by atoms with van der Waals surface area (Å²) in [5, 5.41) is 5.66. The standard InChI is InChI=1S/C23H28N4O/c1-3-19-15-20(23(28)26-13-9-4-5-10-14-26)21-17(2)25-27(22(21)24-19)16-18-11-7-6-8-12-18/h6-8,11-12,15H,3-5,9-10,13-14,16H2,1-2H3. The van der Waals surface area contributed by atoms with Gasteiger partial charge in [0.05, 0.1) is 23.2 Å². The van der Waals surface area contributed by atoms with Crippen LogP contribution in [0.25, 0.3) is 11.0 Å². The second-order valence-electron chi connectivity index (χ2n) is 7.65. The van der Waals surface area contributed by atoms with Gasteiger partial charge in [0.25, 0.3) is 5.91 Å². The molecular weight excluding hydrogens is 348 g/mol. The molecular formula is C23H28N4O. The fourth-order valence-corrected chi connectivity index (χ4v) is 4.07. The van der Waals surface area contributed by atoms with Crippen LogP contribution in [-0.2, 0) is 13.0 Å². The number of aromatic nitrogens is 3. The molecule has 2 aromatic heterocycles. The predicted octanol–water partition coefficient (Wildman–Crippen LogP) is 4.37. The van der Waals surface area contributed by atoms with Crippen LogP contribution < -0.4 is 0 Å². The number of hydrogen-bond acceptors (Lipinski definition) is 3. The van der Waals surface area contributed by atoms with Crippen LogP contribution in [-0.4, -0.2) is 38.7 Å². The molecule has 4 rings (SSSR count). The molecule has 0 aliphatic carbocycles. The number of fused-ring (bicyclic) bond motifs is 1. The van der Waals surface area contributed by atoms with Gasteiger partial charge in [-0.15, -0.1) is 0 Å². The highest BCUT2D eigenvalue weighted by atomic mass is 16.2. The predicted molar refractivity (Wildman–Crippen MR) is 112 cm³/mol. The van der Waals surface area contributed by atoms with Gasteiger partial charge in [0.2, 0.25) is 0 Å². The smallest absolute Gasteiger partial charge is 0.254 e. The SMILES string of the molecule is CCc1cc(C(=O)N2CCCCCC2)c2c(C)nn(Cc3ccccc3)c2n1. The van der Waals surface area contributed by atoms with Crippen molar-refractivity contribution in [2.75, 3.05) is 13.1 Å². The Morgan fingerprint density at radius 3 is 2.46 bits per heavy atom. The molecule has 5 nitrogen and oxygen atoms in total. The van der Waals surface area contributed by atoms with Gasteiger partial charge in [-0.2, -0.15) is 5.10 Å². The Morgan fingerprint density at radius 1 is 1.07 bits per heavy atom. The maximum Gasteiger partial charge on any atom is 0.254 e. The monoisotopic (exact) mass is 376 g/mol. The fourth-order valence-electron chi connectivity index (χ4n) is 4.07. The number of rotatable bonds is 4. The molecule has 0 N–H and O–H groups in total. The summed E-state index contributed by atoms with van der Waals surface area (Å²) < 4.78 is 1.94. The van der Waals surface area contributed by atoms with E-state index in [0.29, 0.717) is 6.54 Å². The lowest BCUT2D eigenvalue weighted by Crippen LogP contribution is -2.32. The van der Waals surface area contributed by atoms with Gasteiger partial charge in [0.15, 0.2) is 5.65 Å². The van der Waals surface area contributed by atoms with Crippen molar-refractivity contribution in [1.29, 1.82) is 0 Å². The van der Waals surface area contributed by atoms with Crippen molar-refractivity contribution in [2.24, 2.45) is 0 Å². The van der Waals surface area contributed by atoms with Gasteiger partial charge < -0.3 is 4.90 Å². The quantitative estimate of drug-likeness (QED) is 0.679. The number of pyridine rings is 1. The number of benzene rings is 1. The summed E-state index contributed by atoms with van der Waals surface area (Å²) in [6.45, 7) is 6.42. The Bertz CT molecular complexity index is 969. The Hall–Kier alpha value is -2.69. The largest absolute Gasteiger partial charge is 0.339 e. The van der Waals surface area contributed by atoms with Gasteiger partial charge >= 0.3 is 0 Å². The Morgan fingerprint density at radius 2 is 1.79 bits per heavy atom. The number of likely N-dealkylation sites (tertiary alicyclic amines) is 1. The molecule has 0 atom stereocenters. The van der Waals surface area contributed by atoms with E-state index in [0.717, 1.165) is 60.3 Å². The lowest BCUT2D eigenvalue weighted by atomic mass is 10.1. The van der Waals surface area contributed by atoms with E-state index in [1.165, 1.54) is 18.4 Å². The van der Waals surface area contributed by atoms with Crippen LogP contribution in [0.15, 0.2) is 36.4 Å². The van der Waals surface area contributed by atoms with Gasteiger partial charge in [0, 0.05) is 18.8 Å². The number of nitrogens with zero attached hydrogens (tertiary/aromatic N) is 4. The summed E-state index contributed by atoms with van der Waals surface area (Å²) in [7, 11) is 0. The number of aryl methyl sites for hydroxylation is 2. The highest BCUT2D eigenvalue weighted by molar-refractivity contribution is 6.06. The van der Waals surface area contributed by atoms with Gasteiger partial charge in [-0.1, -0.05) is 50.1 Å². The zero-order valence-electron chi connectivity index (χ0n) is 16.8. The van der Waals surface area contributed by atoms with E-state index in [9.17, 15) is 4.79 Å². The first-order valence-corrected chi connectivity index (χ1v) is 10.4. The van der Waals surface area contributed by atoms with Gasteiger partial charge in [-0.05, 0) is 37.8 Å². The highest BCUT2D eigenvalue weighted by Crippen LogP contribution is 2.25. The molecule has 1 aromatic carbocycles. The van der Waals surface area contributed by atoms with E-state index in [1.807, 2.05) is 40.8 Å². The molecule has 1 fully saturated rings. The third-order valence-corrected chi connectivity index (χ3v) is 5.59. The molecule has 0 bridgehead atoms. The van der Waals surface area contributed by atoms with Crippen LogP contribution >= 0.6 is 0 Å². The maximum atomic E-state index is 13.4. The summed E-state index contributed by atoms with van der Waals surface area (Å²) in [6, 6.07) is 12.3. The minimum atomic E-state index is 0.131. The van der Waals surface area contributed by atoms with Crippen LogP contribution in [0.5, 0.6) is 0 Å². The second kappa shape index (κ2) is 8.13. The molecule has 1 aliphatic rings. The second-order valence-corrected chi connectivity index (χ2v) is 7.65. The summed E-state index contributed by atoms with van der Waals surface area (Å²) >= 11 is 0. The van der Waals surface area contributed by atoms with E-state index in [4.69, 9.17) is 10.1 Å². The molecule has 0 radical (unpaired) electrons. The third kappa shape index (κ3) is 3.66. The first-order chi connectivity index (χ1) is 13.7. The highest BCUT2D eigenvalue weighted by Gasteiger charge is 2.24. The molecule has 0 saturated carbocycles. The molecule has 146 valence electrons. The minimum Gasteiger partial charge on any atom is -0.339 e. The number of amides is 1. The third-order valence-electron chi connectivity index (χ3n) is 5.59. The van der Waals surface area contributed by atoms with Crippen LogP contribution in [0.2, 0.25) is 0 Å². The van der Waals surface area contributed by atoms with Crippen LogP contribution in [0.3, 0.4) is 0 Å². The normalized spacial score (nSPS) is 15.0. The zero-order chi connectivity index (χ0) is 19.5. The van der Waals surface area contributed by atoms with Gasteiger partial charge in [-0.25, -0.2) is 9.67 Å². The molecule has 1 saturated heterocycles. The summed E-state index contributed by atoms with van der Waals surface area (Å²) in [5.74, 6) is 0.131. The number of hydrogen-bond donors (Lipinski definition) is 0. The van der Waals surface area contributed by atoms with Crippen LogP contribution in [0.4, 0.5) is 0 Å². The van der Waals surface area contributed by atoms with Crippen molar-refractivity contribution in [1.82, 2.24) is 19.7 Å². The first kappa shape index (κ1) is 18.7. The fraction of sp³-hybridized carbons (Fsp3) is 0.435. The molecule has 28 heavy (non-hydrogen) atoms. The zero-order valence-corrected chi connectivity index (χ0v) is 16.8. The first-order valence-electron chi connectivity index (χ1n) is 10.4. The lowest BCUT2D eigenvalue weighted by molar-refractivity contribution is 0.0763. The molecule has 0 spiro atoms. The van der Waals surface area contributed by atoms with Crippen molar-refractivity contribution in [3.8, 4) is 0 Å².